The quantitative estimate of drug-likeness (QED) is 0.937. The van der Waals surface area contributed by atoms with Gasteiger partial charge < -0.3 is 9.88 Å². The molecular weight excluding hydrogens is 309 g/mol. The Bertz CT molecular complexity index is 831. The highest BCUT2D eigenvalue weighted by molar-refractivity contribution is 5.79. The van der Waals surface area contributed by atoms with Crippen LogP contribution >= 0.6 is 0 Å². The Hall–Kier alpha value is -2.50. The molecule has 6 heteroatoms. The Labute approximate surface area is 139 Å². The van der Waals surface area contributed by atoms with Crippen molar-refractivity contribution >= 4 is 5.91 Å². The number of H-pyrrole nitrogens is 1. The number of carbonyl (C=O) groups is 1. The lowest BCUT2D eigenvalue weighted by atomic mass is 9.98. The van der Waals surface area contributed by atoms with Gasteiger partial charge in [0.2, 0.25) is 5.91 Å². The van der Waals surface area contributed by atoms with Crippen molar-refractivity contribution in [3.8, 4) is 0 Å². The molecule has 5 nitrogen and oxygen atoms in total. The Kier molecular flexibility index (Phi) is 4.46. The van der Waals surface area contributed by atoms with E-state index in [1.165, 1.54) is 6.07 Å². The van der Waals surface area contributed by atoms with Crippen molar-refractivity contribution in [1.82, 2.24) is 14.9 Å². The van der Waals surface area contributed by atoms with E-state index in [2.05, 4.69) is 9.97 Å². The normalized spacial score (nSPS) is 17.3. The van der Waals surface area contributed by atoms with E-state index in [1.807, 2.05) is 6.07 Å². The van der Waals surface area contributed by atoms with E-state index in [4.69, 9.17) is 0 Å². The fraction of sp³-hybridized carbons (Fsp3) is 0.389. The minimum atomic E-state index is -0.266. The van der Waals surface area contributed by atoms with Crippen LogP contribution in [0.5, 0.6) is 0 Å². The lowest BCUT2D eigenvalue weighted by Crippen LogP contribution is -2.32. The van der Waals surface area contributed by atoms with Gasteiger partial charge in [-0.3, -0.25) is 9.59 Å². The number of rotatable bonds is 3. The van der Waals surface area contributed by atoms with Crippen molar-refractivity contribution in [3.05, 3.63) is 63.1 Å². The third-order valence-electron chi connectivity index (χ3n) is 4.55. The fourth-order valence-electron chi connectivity index (χ4n) is 3.27. The predicted octanol–water partition coefficient (Wildman–Crippen LogP) is 2.08. The molecule has 1 unspecified atom stereocenters. The summed E-state index contributed by atoms with van der Waals surface area (Å²) < 4.78 is 13.9. The molecule has 1 aromatic heterocycles. The molecule has 0 saturated carbocycles. The molecule has 0 bridgehead atoms. The number of aromatic nitrogens is 2. The molecular formula is C18H20FN3O2. The molecule has 0 spiro atoms. The summed E-state index contributed by atoms with van der Waals surface area (Å²) in [4.78, 5) is 33.1. The molecule has 1 saturated heterocycles. The van der Waals surface area contributed by atoms with E-state index in [-0.39, 0.29) is 29.6 Å². The Balaban J connectivity index is 1.72. The van der Waals surface area contributed by atoms with Crippen LogP contribution in [0.1, 0.15) is 35.0 Å². The van der Waals surface area contributed by atoms with Crippen molar-refractivity contribution < 1.29 is 9.18 Å². The van der Waals surface area contributed by atoms with Crippen LogP contribution in [0.2, 0.25) is 0 Å². The molecule has 2 aromatic rings. The highest BCUT2D eigenvalue weighted by Crippen LogP contribution is 2.29. The first-order chi connectivity index (χ1) is 11.5. The standard InChI is InChI=1S/C18H20FN3O2/c1-11-15(18(24)21-12(2)20-11)9-17(23)22-8-7-13(10-22)14-5-3-4-6-16(14)19/h3-6,13H,7-10H2,1-2H3,(H,20,21,24). The van der Waals surface area contributed by atoms with Crippen LogP contribution in [0.25, 0.3) is 0 Å². The summed E-state index contributed by atoms with van der Waals surface area (Å²) in [6.45, 7) is 4.50. The van der Waals surface area contributed by atoms with E-state index < -0.39 is 0 Å². The van der Waals surface area contributed by atoms with Gasteiger partial charge in [0.05, 0.1) is 6.42 Å². The second-order valence-electron chi connectivity index (χ2n) is 6.24. The zero-order valence-electron chi connectivity index (χ0n) is 13.8. The topological polar surface area (TPSA) is 66.1 Å². The highest BCUT2D eigenvalue weighted by atomic mass is 19.1. The lowest BCUT2D eigenvalue weighted by molar-refractivity contribution is -0.129. The van der Waals surface area contributed by atoms with Gasteiger partial charge >= 0.3 is 0 Å². The molecule has 1 N–H and O–H groups in total. The first-order valence-corrected chi connectivity index (χ1v) is 8.04. The first kappa shape index (κ1) is 16.4. The van der Waals surface area contributed by atoms with Crippen LogP contribution in [0, 0.1) is 19.7 Å². The van der Waals surface area contributed by atoms with E-state index in [1.54, 1.807) is 30.9 Å². The SMILES string of the molecule is Cc1nc(C)c(CC(=O)N2CCC(c3ccccc3F)C2)c(=O)[nH]1. The Morgan fingerprint density at radius 1 is 1.38 bits per heavy atom. The van der Waals surface area contributed by atoms with Gasteiger partial charge in [-0.2, -0.15) is 0 Å². The van der Waals surface area contributed by atoms with E-state index >= 15 is 0 Å². The summed E-state index contributed by atoms with van der Waals surface area (Å²) in [5.41, 5.74) is 1.37. The van der Waals surface area contributed by atoms with Crippen LogP contribution in [-0.4, -0.2) is 33.9 Å². The lowest BCUT2D eigenvalue weighted by Gasteiger charge is -2.17. The van der Waals surface area contributed by atoms with Crippen LogP contribution in [0.15, 0.2) is 29.1 Å². The summed E-state index contributed by atoms with van der Waals surface area (Å²) in [6, 6.07) is 6.69. The smallest absolute Gasteiger partial charge is 0.254 e. The third kappa shape index (κ3) is 3.22. The van der Waals surface area contributed by atoms with E-state index in [9.17, 15) is 14.0 Å². The number of halogens is 1. The van der Waals surface area contributed by atoms with Gasteiger partial charge in [-0.05, 0) is 31.9 Å². The number of aryl methyl sites for hydroxylation is 2. The zero-order chi connectivity index (χ0) is 17.3. The number of amides is 1. The van der Waals surface area contributed by atoms with Gasteiger partial charge in [-0.15, -0.1) is 0 Å². The second kappa shape index (κ2) is 6.55. The number of nitrogens with zero attached hydrogens (tertiary/aromatic N) is 2. The van der Waals surface area contributed by atoms with Gasteiger partial charge in [0.15, 0.2) is 0 Å². The van der Waals surface area contributed by atoms with Gasteiger partial charge in [0, 0.05) is 30.3 Å². The summed E-state index contributed by atoms with van der Waals surface area (Å²) in [6.07, 6.45) is 0.757. The second-order valence-corrected chi connectivity index (χ2v) is 6.24. The molecule has 3 rings (SSSR count). The number of carbonyl (C=O) groups excluding carboxylic acids is 1. The molecule has 1 atom stereocenters. The number of hydrogen-bond acceptors (Lipinski definition) is 3. The third-order valence-corrected chi connectivity index (χ3v) is 4.55. The van der Waals surface area contributed by atoms with Gasteiger partial charge in [0.1, 0.15) is 11.6 Å². The predicted molar refractivity (Wildman–Crippen MR) is 88.4 cm³/mol. The minimum Gasteiger partial charge on any atom is -0.342 e. The van der Waals surface area contributed by atoms with Gasteiger partial charge in [-0.1, -0.05) is 18.2 Å². The van der Waals surface area contributed by atoms with Crippen LogP contribution < -0.4 is 5.56 Å². The van der Waals surface area contributed by atoms with Crippen LogP contribution in [0.3, 0.4) is 0 Å². The number of nitrogens with one attached hydrogen (secondary N) is 1. The molecule has 1 aromatic carbocycles. The first-order valence-electron chi connectivity index (χ1n) is 8.04. The summed E-state index contributed by atoms with van der Waals surface area (Å²) in [5, 5.41) is 0. The molecule has 0 aliphatic carbocycles. The number of hydrogen-bond donors (Lipinski definition) is 1. The maximum Gasteiger partial charge on any atom is 0.254 e. The molecule has 126 valence electrons. The van der Waals surface area contributed by atoms with Crippen molar-refractivity contribution in [2.45, 2.75) is 32.6 Å². The maximum atomic E-state index is 13.9. The van der Waals surface area contributed by atoms with Gasteiger partial charge in [0.25, 0.3) is 5.56 Å². The number of likely N-dealkylation sites (tertiary alicyclic amines) is 1. The van der Waals surface area contributed by atoms with Crippen molar-refractivity contribution in [3.63, 3.8) is 0 Å². The Morgan fingerprint density at radius 3 is 2.83 bits per heavy atom. The summed E-state index contributed by atoms with van der Waals surface area (Å²) in [5.74, 6) is 0.195. The number of aromatic amines is 1. The summed E-state index contributed by atoms with van der Waals surface area (Å²) in [7, 11) is 0. The molecule has 1 amide bonds. The van der Waals surface area contributed by atoms with Gasteiger partial charge in [-0.25, -0.2) is 9.37 Å². The van der Waals surface area contributed by atoms with Crippen molar-refractivity contribution in [1.29, 1.82) is 0 Å². The fourth-order valence-corrected chi connectivity index (χ4v) is 3.27. The largest absolute Gasteiger partial charge is 0.342 e. The van der Waals surface area contributed by atoms with E-state index in [0.29, 0.717) is 35.7 Å². The molecule has 1 fully saturated rings. The number of benzene rings is 1. The average Bonchev–Trinajstić information content (AvgIpc) is 3.01. The minimum absolute atomic E-state index is 0.00525. The molecule has 24 heavy (non-hydrogen) atoms. The average molecular weight is 329 g/mol. The summed E-state index contributed by atoms with van der Waals surface area (Å²) >= 11 is 0. The highest BCUT2D eigenvalue weighted by Gasteiger charge is 2.29. The molecule has 2 heterocycles. The molecule has 1 aliphatic rings. The van der Waals surface area contributed by atoms with Crippen molar-refractivity contribution in [2.75, 3.05) is 13.1 Å². The monoisotopic (exact) mass is 329 g/mol. The zero-order valence-corrected chi connectivity index (χ0v) is 13.8. The molecule has 1 aliphatic heterocycles. The van der Waals surface area contributed by atoms with Crippen LogP contribution in [-0.2, 0) is 11.2 Å². The van der Waals surface area contributed by atoms with E-state index in [0.717, 1.165) is 6.42 Å². The Morgan fingerprint density at radius 2 is 2.12 bits per heavy atom. The van der Waals surface area contributed by atoms with Crippen LogP contribution in [0.4, 0.5) is 4.39 Å². The van der Waals surface area contributed by atoms with Crippen molar-refractivity contribution in [2.24, 2.45) is 0 Å². The molecule has 0 radical (unpaired) electrons. The maximum absolute atomic E-state index is 13.9.